The quantitative estimate of drug-likeness (QED) is 0.562. The van der Waals surface area contributed by atoms with Crippen LogP contribution in [-0.2, 0) is 9.47 Å². The zero-order valence-corrected chi connectivity index (χ0v) is 15.3. The standard InChI is InChI=1S/C9H15O2Si.3CH3.Sn/c1-12(2,3)8-5-9-10-6-4-7-11-9;;;;/h4,6-7H2,1-3H3;3*1H3;. The number of rotatable bonds is 2. The molecule has 0 atom stereocenters. The van der Waals surface area contributed by atoms with Gasteiger partial charge in [-0.25, -0.2) is 0 Å². The second kappa shape index (κ2) is 5.19. The monoisotopic (exact) mass is 348 g/mol. The molecule has 1 rings (SSSR count). The van der Waals surface area contributed by atoms with Crippen molar-refractivity contribution < 1.29 is 9.47 Å². The van der Waals surface area contributed by atoms with E-state index in [9.17, 15) is 0 Å². The van der Waals surface area contributed by atoms with E-state index in [0.29, 0.717) is 5.95 Å². The van der Waals surface area contributed by atoms with Gasteiger partial charge in [0.15, 0.2) is 0 Å². The molecule has 0 aromatic carbocycles. The maximum absolute atomic E-state index is 5.52. The maximum atomic E-state index is 5.52. The van der Waals surface area contributed by atoms with Crippen LogP contribution in [0.25, 0.3) is 0 Å². The second-order valence-electron chi connectivity index (χ2n) is 6.34. The van der Waals surface area contributed by atoms with Gasteiger partial charge in [0.1, 0.15) is 0 Å². The molecule has 92 valence electrons. The van der Waals surface area contributed by atoms with Crippen LogP contribution in [0.3, 0.4) is 0 Å². The number of ether oxygens (including phenoxy) is 2. The molecule has 1 aliphatic rings. The van der Waals surface area contributed by atoms with E-state index in [4.69, 9.17) is 9.47 Å². The summed E-state index contributed by atoms with van der Waals surface area (Å²) in [5.74, 6) is 0.648. The van der Waals surface area contributed by atoms with E-state index in [1.165, 1.54) is 0 Å². The van der Waals surface area contributed by atoms with Crippen LogP contribution in [0.4, 0.5) is 0 Å². The first-order chi connectivity index (χ1) is 7.21. The number of hydrogen-bond donors (Lipinski definition) is 0. The molecule has 1 saturated heterocycles. The van der Waals surface area contributed by atoms with Gasteiger partial charge in [0.2, 0.25) is 0 Å². The van der Waals surface area contributed by atoms with E-state index in [2.05, 4.69) is 40.2 Å². The van der Waals surface area contributed by atoms with Gasteiger partial charge in [-0.3, -0.25) is 0 Å². The van der Waals surface area contributed by atoms with Crippen LogP contribution in [-0.4, -0.2) is 39.7 Å². The van der Waals surface area contributed by atoms with Crippen molar-refractivity contribution in [3.63, 3.8) is 0 Å². The van der Waals surface area contributed by atoms with Crippen LogP contribution in [0.5, 0.6) is 0 Å². The van der Waals surface area contributed by atoms with E-state index in [0.717, 1.165) is 19.6 Å². The molecule has 2 nitrogen and oxygen atoms in total. The fourth-order valence-corrected chi connectivity index (χ4v) is 25.5. The Morgan fingerprint density at radius 2 is 1.62 bits per heavy atom. The van der Waals surface area contributed by atoms with Crippen molar-refractivity contribution in [1.82, 2.24) is 0 Å². The third-order valence-corrected chi connectivity index (χ3v) is 20.2. The van der Waals surface area contributed by atoms with Gasteiger partial charge in [-0.05, 0) is 0 Å². The van der Waals surface area contributed by atoms with Gasteiger partial charge in [0.05, 0.1) is 0 Å². The molecule has 0 amide bonds. The molecule has 0 spiro atoms. The molecule has 0 saturated carbocycles. The van der Waals surface area contributed by atoms with E-state index < -0.39 is 26.5 Å². The first kappa shape index (κ1) is 14.2. The van der Waals surface area contributed by atoms with Crippen molar-refractivity contribution >= 4 is 26.5 Å². The normalized spacial score (nSPS) is 17.2. The summed E-state index contributed by atoms with van der Waals surface area (Å²) in [7, 11) is -1.29. The Hall–Kier alpha value is 0.136. The predicted molar refractivity (Wildman–Crippen MR) is 73.8 cm³/mol. The van der Waals surface area contributed by atoms with Gasteiger partial charge in [-0.2, -0.15) is 0 Å². The first-order valence-corrected chi connectivity index (χ1v) is 19.5. The molecule has 0 aromatic rings. The van der Waals surface area contributed by atoms with Crippen LogP contribution in [0.15, 0.2) is 14.9 Å². The Kier molecular flexibility index (Phi) is 4.61. The van der Waals surface area contributed by atoms with Crippen molar-refractivity contribution in [3.8, 4) is 0 Å². The Morgan fingerprint density at radius 1 is 1.12 bits per heavy atom. The van der Waals surface area contributed by atoms with Crippen molar-refractivity contribution in [2.75, 3.05) is 13.2 Å². The second-order valence-corrected chi connectivity index (χ2v) is 27.0. The third-order valence-electron chi connectivity index (χ3n) is 2.48. The van der Waals surface area contributed by atoms with Gasteiger partial charge < -0.3 is 0 Å². The molecule has 16 heavy (non-hydrogen) atoms. The van der Waals surface area contributed by atoms with Crippen molar-refractivity contribution in [2.24, 2.45) is 0 Å². The predicted octanol–water partition coefficient (Wildman–Crippen LogP) is 3.54. The third kappa shape index (κ3) is 4.19. The van der Waals surface area contributed by atoms with Crippen molar-refractivity contribution in [2.45, 2.75) is 40.9 Å². The fourth-order valence-electron chi connectivity index (χ4n) is 2.10. The summed E-state index contributed by atoms with van der Waals surface area (Å²) in [6.07, 6.45) is 0.992. The topological polar surface area (TPSA) is 18.5 Å². The van der Waals surface area contributed by atoms with Crippen LogP contribution >= 0.6 is 0 Å². The zero-order chi connectivity index (χ0) is 12.4. The minimum absolute atomic E-state index is 0.648. The molecule has 1 aliphatic heterocycles. The number of hydrogen-bond acceptors (Lipinski definition) is 2. The summed E-state index contributed by atoms with van der Waals surface area (Å²) in [6, 6.07) is 0. The van der Waals surface area contributed by atoms with Crippen LogP contribution in [0.1, 0.15) is 6.42 Å². The Balaban J connectivity index is 3.14. The average molecular weight is 347 g/mol. The van der Waals surface area contributed by atoms with Crippen molar-refractivity contribution in [3.05, 3.63) is 14.9 Å². The summed E-state index contributed by atoms with van der Waals surface area (Å²) < 4.78 is 12.6. The molecular weight excluding hydrogens is 323 g/mol. The molecule has 0 N–H and O–H groups in total. The summed E-state index contributed by atoms with van der Waals surface area (Å²) in [6.45, 7) is 8.73. The Morgan fingerprint density at radius 3 is 2.00 bits per heavy atom. The van der Waals surface area contributed by atoms with E-state index in [-0.39, 0.29) is 0 Å². The minimum atomic E-state index is -2.07. The SMILES string of the molecule is C[Si](C)(C)[C](=C=C1OCCCO1)[Sn]([CH3])([CH3])[CH3]. The molecule has 0 unspecified atom stereocenters. The van der Waals surface area contributed by atoms with E-state index in [1.807, 2.05) is 0 Å². The average Bonchev–Trinajstić information content (AvgIpc) is 2.12. The molecule has 1 fully saturated rings. The van der Waals surface area contributed by atoms with Gasteiger partial charge in [-0.1, -0.05) is 0 Å². The Labute approximate surface area is 105 Å². The molecule has 0 bridgehead atoms. The van der Waals surface area contributed by atoms with Crippen LogP contribution < -0.4 is 0 Å². The molecular formula is C12H24O2SiSn. The van der Waals surface area contributed by atoms with Gasteiger partial charge in [-0.15, -0.1) is 0 Å². The van der Waals surface area contributed by atoms with E-state index >= 15 is 0 Å². The zero-order valence-electron chi connectivity index (χ0n) is 11.4. The summed E-state index contributed by atoms with van der Waals surface area (Å²) >= 11 is -2.07. The summed E-state index contributed by atoms with van der Waals surface area (Å²) in [5.41, 5.74) is 3.48. The molecule has 0 aliphatic carbocycles. The fraction of sp³-hybridized carbons (Fsp3) is 0.750. The van der Waals surface area contributed by atoms with Gasteiger partial charge >= 0.3 is 105 Å². The summed E-state index contributed by atoms with van der Waals surface area (Å²) in [5, 5.41) is 0. The Bertz CT molecular complexity index is 293. The summed E-state index contributed by atoms with van der Waals surface area (Å²) in [4.78, 5) is 7.33. The molecule has 4 heteroatoms. The van der Waals surface area contributed by atoms with Crippen LogP contribution in [0, 0.1) is 0 Å². The van der Waals surface area contributed by atoms with Crippen LogP contribution in [0.2, 0.25) is 34.5 Å². The molecule has 0 aromatic heterocycles. The molecule has 1 heterocycles. The molecule has 0 radical (unpaired) electrons. The van der Waals surface area contributed by atoms with Crippen molar-refractivity contribution in [1.29, 1.82) is 0 Å². The van der Waals surface area contributed by atoms with E-state index in [1.54, 1.807) is 3.21 Å². The van der Waals surface area contributed by atoms with Gasteiger partial charge in [0, 0.05) is 0 Å². The first-order valence-electron chi connectivity index (χ1n) is 5.99. The van der Waals surface area contributed by atoms with Gasteiger partial charge in [0.25, 0.3) is 0 Å².